The van der Waals surface area contributed by atoms with Crippen molar-refractivity contribution < 1.29 is 47.8 Å². The van der Waals surface area contributed by atoms with Gasteiger partial charge in [0, 0.05) is 31.6 Å². The van der Waals surface area contributed by atoms with Crippen molar-refractivity contribution in [2.75, 3.05) is 46.5 Å². The zero-order valence-electron chi connectivity index (χ0n) is 18.3. The third kappa shape index (κ3) is 8.41. The van der Waals surface area contributed by atoms with Gasteiger partial charge in [-0.15, -0.1) is 10.2 Å². The van der Waals surface area contributed by atoms with Gasteiger partial charge in [0.2, 0.25) is 5.36 Å². The van der Waals surface area contributed by atoms with Gasteiger partial charge in [-0.2, -0.15) is 0 Å². The van der Waals surface area contributed by atoms with E-state index in [0.717, 1.165) is 79.2 Å². The van der Waals surface area contributed by atoms with Crippen molar-refractivity contribution in [1.29, 1.82) is 0 Å². The zero-order valence-corrected chi connectivity index (χ0v) is 19.1. The monoisotopic (exact) mass is 478 g/mol. The van der Waals surface area contributed by atoms with Crippen molar-refractivity contribution in [2.24, 2.45) is 0 Å². The molecule has 1 aliphatic heterocycles. The lowest BCUT2D eigenvalue weighted by molar-refractivity contribution is -2.00. The van der Waals surface area contributed by atoms with Crippen LogP contribution in [0.25, 0.3) is 22.3 Å². The van der Waals surface area contributed by atoms with Gasteiger partial charge in [0.05, 0.1) is 31.8 Å². The second-order valence-corrected chi connectivity index (χ2v) is 8.12. The van der Waals surface area contributed by atoms with Crippen molar-refractivity contribution >= 4 is 11.0 Å². The van der Waals surface area contributed by atoms with Gasteiger partial charge >= 0.3 is 0 Å². The predicted molar refractivity (Wildman–Crippen MR) is 109 cm³/mol. The highest BCUT2D eigenvalue weighted by Gasteiger charge is 2.12. The number of nitrogens with zero attached hydrogens (tertiary/aromatic N) is 1. The number of fused-ring (bicyclic) bond motifs is 1. The lowest BCUT2D eigenvalue weighted by Gasteiger charge is -2.25. The standard InChI is InChI=1S/C23H26N2O3.ClHO4/c1-26-19-8-9-22-20(16-19)21(17-23(28-22)18-6-3-2-4-7-18)24-10-5-11-25-12-14-27-15-13-25;2-1(3,4)5/h2-4,6-9,16-17H,5,10-15H2,1H3;(H,2,3,4,5). The second-order valence-electron chi connectivity index (χ2n) is 7.36. The summed E-state index contributed by atoms with van der Waals surface area (Å²) in [6.45, 7) is 5.74. The van der Waals surface area contributed by atoms with E-state index < -0.39 is 10.2 Å². The Morgan fingerprint density at radius 2 is 1.70 bits per heavy atom. The van der Waals surface area contributed by atoms with Crippen molar-refractivity contribution in [3.8, 4) is 17.1 Å². The third-order valence-corrected chi connectivity index (χ3v) is 5.10. The maximum Gasteiger partial charge on any atom is 0.213 e. The molecule has 0 saturated carbocycles. The van der Waals surface area contributed by atoms with Crippen LogP contribution in [0.1, 0.15) is 6.42 Å². The smallest absolute Gasteiger partial charge is 0.213 e. The SMILES string of the molecule is COc1ccc2oc(-c3ccccc3)cc(=[NH+]CCCN3CCOCC3)c2c1.[O-][Cl+3]([O-])([O-])[O-]. The van der Waals surface area contributed by atoms with E-state index in [1.165, 1.54) is 0 Å². The Hall–Kier alpha value is -2.50. The third-order valence-electron chi connectivity index (χ3n) is 5.10. The summed E-state index contributed by atoms with van der Waals surface area (Å²) in [7, 11) is -3.26. The van der Waals surface area contributed by atoms with Crippen LogP contribution in [0.4, 0.5) is 0 Å². The molecule has 0 atom stereocenters. The molecular formula is C23H27ClN2O7. The molecule has 2 aromatic carbocycles. The van der Waals surface area contributed by atoms with Gasteiger partial charge in [0.1, 0.15) is 23.6 Å². The number of nitrogens with one attached hydrogen (secondary N) is 1. The van der Waals surface area contributed by atoms with E-state index in [1.807, 2.05) is 36.4 Å². The van der Waals surface area contributed by atoms with E-state index >= 15 is 0 Å². The number of benzene rings is 2. The molecule has 1 aromatic heterocycles. The Morgan fingerprint density at radius 1 is 1.00 bits per heavy atom. The van der Waals surface area contributed by atoms with Gasteiger partial charge in [-0.05, 0) is 18.2 Å². The first-order valence-corrected chi connectivity index (χ1v) is 11.7. The summed E-state index contributed by atoms with van der Waals surface area (Å²) >= 11 is 0. The number of hydrogen-bond acceptors (Lipinski definition) is 8. The molecule has 2 heterocycles. The van der Waals surface area contributed by atoms with E-state index in [1.54, 1.807) is 7.11 Å². The van der Waals surface area contributed by atoms with Crippen LogP contribution in [0.5, 0.6) is 5.75 Å². The van der Waals surface area contributed by atoms with Gasteiger partial charge < -0.3 is 13.9 Å². The van der Waals surface area contributed by atoms with Gasteiger partial charge in [-0.25, -0.2) is 23.6 Å². The van der Waals surface area contributed by atoms with Crippen LogP contribution >= 0.6 is 0 Å². The molecule has 1 fully saturated rings. The molecule has 0 unspecified atom stereocenters. The highest BCUT2D eigenvalue weighted by Crippen LogP contribution is 2.23. The van der Waals surface area contributed by atoms with E-state index in [9.17, 15) is 0 Å². The quantitative estimate of drug-likeness (QED) is 0.371. The average Bonchev–Trinajstić information content (AvgIpc) is 2.81. The molecule has 1 aliphatic rings. The molecule has 9 nitrogen and oxygen atoms in total. The fourth-order valence-electron chi connectivity index (χ4n) is 3.53. The van der Waals surface area contributed by atoms with Crippen LogP contribution in [0.15, 0.2) is 59.0 Å². The van der Waals surface area contributed by atoms with Crippen LogP contribution in [-0.2, 0) is 4.74 Å². The summed E-state index contributed by atoms with van der Waals surface area (Å²) in [5.74, 6) is 1.68. The summed E-state index contributed by atoms with van der Waals surface area (Å²) in [6, 6.07) is 18.2. The maximum absolute atomic E-state index is 8.49. The molecule has 0 bridgehead atoms. The molecule has 0 radical (unpaired) electrons. The van der Waals surface area contributed by atoms with Crippen molar-refractivity contribution in [1.82, 2.24) is 4.90 Å². The molecule has 1 saturated heterocycles. The predicted octanol–water partition coefficient (Wildman–Crippen LogP) is -2.94. The van der Waals surface area contributed by atoms with Crippen molar-refractivity contribution in [2.45, 2.75) is 6.42 Å². The first-order chi connectivity index (χ1) is 15.8. The van der Waals surface area contributed by atoms with Crippen LogP contribution in [0, 0.1) is 10.2 Å². The minimum absolute atomic E-state index is 0.825. The molecule has 3 aromatic rings. The topological polar surface area (TPSA) is 141 Å². The summed E-state index contributed by atoms with van der Waals surface area (Å²) in [6.07, 6.45) is 1.08. The minimum Gasteiger partial charge on any atom is -0.497 e. The summed E-state index contributed by atoms with van der Waals surface area (Å²) in [5, 5.41) is 2.10. The van der Waals surface area contributed by atoms with Gasteiger partial charge in [-0.3, -0.25) is 4.90 Å². The molecule has 1 N–H and O–H groups in total. The number of hydrogen-bond donors (Lipinski definition) is 1. The van der Waals surface area contributed by atoms with Crippen LogP contribution in [0.2, 0.25) is 0 Å². The molecular weight excluding hydrogens is 452 g/mol. The maximum atomic E-state index is 8.49. The zero-order chi connectivity index (χ0) is 23.7. The number of ether oxygens (including phenoxy) is 2. The van der Waals surface area contributed by atoms with Crippen molar-refractivity contribution in [3.05, 3.63) is 60.0 Å². The van der Waals surface area contributed by atoms with Gasteiger partial charge in [-0.1, -0.05) is 30.3 Å². The molecule has 10 heteroatoms. The largest absolute Gasteiger partial charge is 0.497 e. The minimum atomic E-state index is -4.94. The first-order valence-electron chi connectivity index (χ1n) is 10.5. The average molecular weight is 479 g/mol. The fourth-order valence-corrected chi connectivity index (χ4v) is 3.53. The summed E-state index contributed by atoms with van der Waals surface area (Å²) < 4.78 is 51.0. The lowest BCUT2D eigenvalue weighted by Crippen LogP contribution is -2.77. The molecule has 0 amide bonds. The molecule has 178 valence electrons. The normalized spacial score (nSPS) is 15.2. The molecule has 33 heavy (non-hydrogen) atoms. The Labute approximate surface area is 193 Å². The van der Waals surface area contributed by atoms with Crippen LogP contribution < -0.4 is 33.7 Å². The second kappa shape index (κ2) is 12.1. The number of methoxy groups -OCH3 is 1. The Bertz CT molecular complexity index is 1070. The van der Waals surface area contributed by atoms with E-state index in [2.05, 4.69) is 28.1 Å². The lowest BCUT2D eigenvalue weighted by atomic mass is 10.1. The number of halogens is 1. The molecule has 0 aliphatic carbocycles. The van der Waals surface area contributed by atoms with Crippen LogP contribution in [0.3, 0.4) is 0 Å². The fraction of sp³-hybridized carbons (Fsp3) is 0.348. The van der Waals surface area contributed by atoms with Crippen LogP contribution in [-0.4, -0.2) is 51.4 Å². The summed E-state index contributed by atoms with van der Waals surface area (Å²) in [4.78, 5) is 6.08. The Kier molecular flexibility index (Phi) is 9.21. The molecule has 0 spiro atoms. The van der Waals surface area contributed by atoms with Gasteiger partial charge in [0.25, 0.3) is 0 Å². The Morgan fingerprint density at radius 3 is 2.36 bits per heavy atom. The number of morpholine rings is 1. The first kappa shape index (κ1) is 25.1. The van der Waals surface area contributed by atoms with E-state index in [4.69, 9.17) is 32.5 Å². The highest BCUT2D eigenvalue weighted by atomic mass is 35.7. The Balaban J connectivity index is 0.000000555. The highest BCUT2D eigenvalue weighted by molar-refractivity contribution is 5.79. The number of rotatable bonds is 6. The van der Waals surface area contributed by atoms with E-state index in [-0.39, 0.29) is 0 Å². The van der Waals surface area contributed by atoms with Crippen molar-refractivity contribution in [3.63, 3.8) is 0 Å². The summed E-state index contributed by atoms with van der Waals surface area (Å²) in [5.41, 5.74) is 1.91. The van der Waals surface area contributed by atoms with E-state index in [0.29, 0.717) is 0 Å². The molecule has 4 rings (SSSR count). The van der Waals surface area contributed by atoms with Gasteiger partial charge in [0.15, 0.2) is 0 Å².